The van der Waals surface area contributed by atoms with E-state index in [9.17, 15) is 0 Å². The standard InChI is InChI=1S/C17H19N.ClH/c1-3-8-14(9-4-1)17(16-12-7-13-18-16)15-10-5-2-6-11-15;/h1-6,8-11,16-18H,7,12-13H2;1H/t16-;/m1./s1. The Morgan fingerprint density at radius 2 is 1.37 bits per heavy atom. The Morgan fingerprint density at radius 3 is 1.79 bits per heavy atom. The molecular formula is C17H20ClN. The summed E-state index contributed by atoms with van der Waals surface area (Å²) in [5, 5.41) is 3.65. The first-order valence-electron chi connectivity index (χ1n) is 6.78. The molecule has 1 saturated heterocycles. The van der Waals surface area contributed by atoms with Gasteiger partial charge in [0.15, 0.2) is 0 Å². The molecule has 2 heteroatoms. The lowest BCUT2D eigenvalue weighted by atomic mass is 9.84. The van der Waals surface area contributed by atoms with E-state index >= 15 is 0 Å². The molecule has 1 heterocycles. The van der Waals surface area contributed by atoms with Gasteiger partial charge in [-0.25, -0.2) is 0 Å². The van der Waals surface area contributed by atoms with Crippen LogP contribution in [0.15, 0.2) is 60.7 Å². The van der Waals surface area contributed by atoms with Gasteiger partial charge in [0.1, 0.15) is 0 Å². The summed E-state index contributed by atoms with van der Waals surface area (Å²) in [7, 11) is 0. The van der Waals surface area contributed by atoms with Crippen LogP contribution in [0, 0.1) is 0 Å². The molecule has 0 aromatic heterocycles. The van der Waals surface area contributed by atoms with E-state index in [2.05, 4.69) is 66.0 Å². The van der Waals surface area contributed by atoms with Gasteiger partial charge in [0.2, 0.25) is 0 Å². The summed E-state index contributed by atoms with van der Waals surface area (Å²) < 4.78 is 0. The number of halogens is 1. The highest BCUT2D eigenvalue weighted by atomic mass is 35.5. The minimum Gasteiger partial charge on any atom is -0.313 e. The maximum absolute atomic E-state index is 3.65. The van der Waals surface area contributed by atoms with Crippen molar-refractivity contribution in [3.05, 3.63) is 71.8 Å². The molecule has 100 valence electrons. The molecule has 0 saturated carbocycles. The second-order valence-electron chi connectivity index (χ2n) is 5.00. The van der Waals surface area contributed by atoms with Crippen LogP contribution in [0.25, 0.3) is 0 Å². The molecule has 0 bridgehead atoms. The van der Waals surface area contributed by atoms with Crippen molar-refractivity contribution in [1.82, 2.24) is 5.32 Å². The molecule has 19 heavy (non-hydrogen) atoms. The highest BCUT2D eigenvalue weighted by molar-refractivity contribution is 5.85. The SMILES string of the molecule is Cl.c1ccc(C(c2ccccc2)[C@H]2CCCN2)cc1. The molecule has 1 fully saturated rings. The van der Waals surface area contributed by atoms with Crippen LogP contribution in [0.5, 0.6) is 0 Å². The average molecular weight is 274 g/mol. The van der Waals surface area contributed by atoms with Gasteiger partial charge in [-0.05, 0) is 30.5 Å². The minimum absolute atomic E-state index is 0. The Bertz CT molecular complexity index is 438. The molecule has 3 rings (SSSR count). The maximum atomic E-state index is 3.65. The van der Waals surface area contributed by atoms with E-state index in [0.717, 1.165) is 6.54 Å². The quantitative estimate of drug-likeness (QED) is 0.892. The second-order valence-corrected chi connectivity index (χ2v) is 5.00. The molecule has 0 amide bonds. The Hall–Kier alpha value is -1.31. The first kappa shape index (κ1) is 14.1. The third-order valence-corrected chi connectivity index (χ3v) is 3.82. The molecule has 2 aromatic rings. The van der Waals surface area contributed by atoms with E-state index in [4.69, 9.17) is 0 Å². The van der Waals surface area contributed by atoms with Gasteiger partial charge in [-0.3, -0.25) is 0 Å². The molecule has 1 aliphatic rings. The van der Waals surface area contributed by atoms with E-state index in [-0.39, 0.29) is 12.4 Å². The van der Waals surface area contributed by atoms with Gasteiger partial charge >= 0.3 is 0 Å². The van der Waals surface area contributed by atoms with E-state index in [1.807, 2.05) is 0 Å². The predicted octanol–water partition coefficient (Wildman–Crippen LogP) is 3.99. The maximum Gasteiger partial charge on any atom is 0.0243 e. The normalized spacial score (nSPS) is 18.3. The van der Waals surface area contributed by atoms with E-state index in [0.29, 0.717) is 12.0 Å². The van der Waals surface area contributed by atoms with Crippen LogP contribution in [-0.2, 0) is 0 Å². The van der Waals surface area contributed by atoms with Gasteiger partial charge in [0.25, 0.3) is 0 Å². The zero-order valence-electron chi connectivity index (χ0n) is 11.0. The molecule has 1 nitrogen and oxygen atoms in total. The molecule has 1 aliphatic heterocycles. The van der Waals surface area contributed by atoms with Gasteiger partial charge in [0.05, 0.1) is 0 Å². The Kier molecular flexibility index (Phi) is 5.00. The van der Waals surface area contributed by atoms with Crippen molar-refractivity contribution in [3.63, 3.8) is 0 Å². The van der Waals surface area contributed by atoms with Gasteiger partial charge in [-0.15, -0.1) is 12.4 Å². The zero-order valence-corrected chi connectivity index (χ0v) is 11.8. The van der Waals surface area contributed by atoms with E-state index < -0.39 is 0 Å². The smallest absolute Gasteiger partial charge is 0.0243 e. The number of hydrogen-bond donors (Lipinski definition) is 1. The number of benzene rings is 2. The third kappa shape index (κ3) is 3.17. The number of hydrogen-bond acceptors (Lipinski definition) is 1. The monoisotopic (exact) mass is 273 g/mol. The van der Waals surface area contributed by atoms with Gasteiger partial charge in [0, 0.05) is 12.0 Å². The molecule has 2 aromatic carbocycles. The van der Waals surface area contributed by atoms with Crippen molar-refractivity contribution in [2.75, 3.05) is 6.54 Å². The Balaban J connectivity index is 0.00000133. The first-order valence-corrected chi connectivity index (χ1v) is 6.78. The highest BCUT2D eigenvalue weighted by Crippen LogP contribution is 2.31. The van der Waals surface area contributed by atoms with Crippen LogP contribution in [0.2, 0.25) is 0 Å². The molecule has 0 spiro atoms. The van der Waals surface area contributed by atoms with Crippen LogP contribution in [0.3, 0.4) is 0 Å². The molecule has 1 N–H and O–H groups in total. The molecular weight excluding hydrogens is 254 g/mol. The van der Waals surface area contributed by atoms with Crippen molar-refractivity contribution >= 4 is 12.4 Å². The van der Waals surface area contributed by atoms with Crippen molar-refractivity contribution in [1.29, 1.82) is 0 Å². The van der Waals surface area contributed by atoms with Crippen molar-refractivity contribution < 1.29 is 0 Å². The van der Waals surface area contributed by atoms with Crippen LogP contribution in [-0.4, -0.2) is 12.6 Å². The molecule has 0 aliphatic carbocycles. The fourth-order valence-electron chi connectivity index (χ4n) is 2.97. The lowest BCUT2D eigenvalue weighted by Gasteiger charge is -2.25. The summed E-state index contributed by atoms with van der Waals surface area (Å²) in [6.45, 7) is 1.15. The summed E-state index contributed by atoms with van der Waals surface area (Å²) in [6, 6.07) is 22.3. The summed E-state index contributed by atoms with van der Waals surface area (Å²) >= 11 is 0. The Labute approximate surface area is 121 Å². The van der Waals surface area contributed by atoms with Gasteiger partial charge in [-0.2, -0.15) is 0 Å². The van der Waals surface area contributed by atoms with Crippen LogP contribution in [0.4, 0.5) is 0 Å². The lowest BCUT2D eigenvalue weighted by Crippen LogP contribution is -2.29. The molecule has 1 atom stereocenters. The topological polar surface area (TPSA) is 12.0 Å². The largest absolute Gasteiger partial charge is 0.313 e. The second kappa shape index (κ2) is 6.74. The van der Waals surface area contributed by atoms with Crippen LogP contribution in [0.1, 0.15) is 29.9 Å². The molecule has 0 unspecified atom stereocenters. The third-order valence-electron chi connectivity index (χ3n) is 3.82. The summed E-state index contributed by atoms with van der Waals surface area (Å²) in [5.41, 5.74) is 2.84. The highest BCUT2D eigenvalue weighted by Gasteiger charge is 2.26. The van der Waals surface area contributed by atoms with Crippen LogP contribution < -0.4 is 5.32 Å². The summed E-state index contributed by atoms with van der Waals surface area (Å²) in [5.74, 6) is 0.481. The fraction of sp³-hybridized carbons (Fsp3) is 0.294. The van der Waals surface area contributed by atoms with Gasteiger partial charge in [-0.1, -0.05) is 60.7 Å². The lowest BCUT2D eigenvalue weighted by molar-refractivity contribution is 0.540. The fourth-order valence-corrected chi connectivity index (χ4v) is 2.97. The van der Waals surface area contributed by atoms with Crippen molar-refractivity contribution in [2.24, 2.45) is 0 Å². The van der Waals surface area contributed by atoms with Crippen molar-refractivity contribution in [2.45, 2.75) is 24.8 Å². The van der Waals surface area contributed by atoms with E-state index in [1.165, 1.54) is 24.0 Å². The predicted molar refractivity (Wildman–Crippen MR) is 83.0 cm³/mol. The first-order chi connectivity index (χ1) is 8.95. The zero-order chi connectivity index (χ0) is 12.2. The average Bonchev–Trinajstić information content (AvgIpc) is 2.95. The van der Waals surface area contributed by atoms with Gasteiger partial charge < -0.3 is 5.32 Å². The van der Waals surface area contributed by atoms with E-state index in [1.54, 1.807) is 0 Å². The minimum atomic E-state index is 0. The number of rotatable bonds is 3. The number of nitrogens with one attached hydrogen (secondary N) is 1. The summed E-state index contributed by atoms with van der Waals surface area (Å²) in [4.78, 5) is 0. The summed E-state index contributed by atoms with van der Waals surface area (Å²) in [6.07, 6.45) is 2.56. The van der Waals surface area contributed by atoms with Crippen molar-refractivity contribution in [3.8, 4) is 0 Å². The Morgan fingerprint density at radius 1 is 0.842 bits per heavy atom. The van der Waals surface area contributed by atoms with Crippen LogP contribution >= 0.6 is 12.4 Å². The molecule has 0 radical (unpaired) electrons.